The Kier molecular flexibility index (Phi) is 3.41. The minimum Gasteiger partial charge on any atom is -0.465 e. The second-order valence-corrected chi connectivity index (χ2v) is 2.99. The number of halogens is 3. The highest BCUT2D eigenvalue weighted by atomic mass is 35.5. The number of methoxy groups -OCH3 is 1. The van der Waals surface area contributed by atoms with Gasteiger partial charge in [-0.15, -0.1) is 0 Å². The SMILES string of the molecule is COC(=O)c1c(Cl)cc(N)nc1C(F)F. The van der Waals surface area contributed by atoms with Gasteiger partial charge in [0.15, 0.2) is 0 Å². The number of esters is 1. The summed E-state index contributed by atoms with van der Waals surface area (Å²) in [5.74, 6) is -1.15. The molecule has 0 bridgehead atoms. The van der Waals surface area contributed by atoms with Crippen LogP contribution in [0.3, 0.4) is 0 Å². The monoisotopic (exact) mass is 236 g/mol. The first-order valence-electron chi connectivity index (χ1n) is 3.79. The molecule has 2 N–H and O–H groups in total. The molecule has 4 nitrogen and oxygen atoms in total. The van der Waals surface area contributed by atoms with Crippen molar-refractivity contribution in [1.82, 2.24) is 4.98 Å². The summed E-state index contributed by atoms with van der Waals surface area (Å²) >= 11 is 5.60. The number of aromatic nitrogens is 1. The van der Waals surface area contributed by atoms with Crippen molar-refractivity contribution in [2.75, 3.05) is 12.8 Å². The molecule has 7 heteroatoms. The summed E-state index contributed by atoms with van der Waals surface area (Å²) < 4.78 is 29.3. The molecule has 0 aliphatic heterocycles. The molecule has 0 fully saturated rings. The lowest BCUT2D eigenvalue weighted by molar-refractivity contribution is 0.0587. The lowest BCUT2D eigenvalue weighted by atomic mass is 10.2. The number of nitrogen functional groups attached to an aromatic ring is 1. The van der Waals surface area contributed by atoms with Crippen LogP contribution in [0.15, 0.2) is 6.07 Å². The van der Waals surface area contributed by atoms with Gasteiger partial charge >= 0.3 is 5.97 Å². The third kappa shape index (κ3) is 2.33. The molecule has 0 saturated heterocycles. The minimum absolute atomic E-state index is 0.178. The van der Waals surface area contributed by atoms with Gasteiger partial charge in [0.25, 0.3) is 6.43 Å². The number of ether oxygens (including phenoxy) is 1. The second-order valence-electron chi connectivity index (χ2n) is 2.58. The van der Waals surface area contributed by atoms with E-state index in [1.807, 2.05) is 0 Å². The van der Waals surface area contributed by atoms with Crippen molar-refractivity contribution >= 4 is 23.4 Å². The first kappa shape index (κ1) is 11.6. The van der Waals surface area contributed by atoms with Crippen LogP contribution in [0.4, 0.5) is 14.6 Å². The van der Waals surface area contributed by atoms with E-state index in [-0.39, 0.29) is 10.8 Å². The predicted molar refractivity (Wildman–Crippen MR) is 50.0 cm³/mol. The smallest absolute Gasteiger partial charge is 0.341 e. The summed E-state index contributed by atoms with van der Waals surface area (Å²) in [6.07, 6.45) is -2.94. The molecule has 82 valence electrons. The van der Waals surface area contributed by atoms with E-state index < -0.39 is 23.7 Å². The Labute approximate surface area is 89.0 Å². The zero-order valence-electron chi connectivity index (χ0n) is 7.63. The third-order valence-corrected chi connectivity index (χ3v) is 1.91. The number of carbonyl (C=O) groups is 1. The number of nitrogens with zero attached hydrogens (tertiary/aromatic N) is 1. The fourth-order valence-corrected chi connectivity index (χ4v) is 1.30. The summed E-state index contributed by atoms with van der Waals surface area (Å²) in [5.41, 5.74) is 4.00. The molecule has 1 aromatic rings. The van der Waals surface area contributed by atoms with Crippen molar-refractivity contribution in [3.8, 4) is 0 Å². The number of rotatable bonds is 2. The van der Waals surface area contributed by atoms with Crippen LogP contribution in [0.2, 0.25) is 5.02 Å². The first-order valence-corrected chi connectivity index (χ1v) is 4.17. The van der Waals surface area contributed by atoms with E-state index in [9.17, 15) is 13.6 Å². The molecule has 0 unspecified atom stereocenters. The van der Waals surface area contributed by atoms with Crippen LogP contribution in [-0.2, 0) is 4.74 Å². The summed E-state index contributed by atoms with van der Waals surface area (Å²) in [6, 6.07) is 1.11. The zero-order chi connectivity index (χ0) is 11.6. The number of pyridine rings is 1. The second kappa shape index (κ2) is 4.39. The highest BCUT2D eigenvalue weighted by Gasteiger charge is 2.24. The van der Waals surface area contributed by atoms with Crippen molar-refractivity contribution in [2.45, 2.75) is 6.43 Å². The third-order valence-electron chi connectivity index (χ3n) is 1.62. The molecule has 1 rings (SSSR count). The van der Waals surface area contributed by atoms with E-state index >= 15 is 0 Å². The standard InChI is InChI=1S/C8H7ClF2N2O2/c1-15-8(14)5-3(9)2-4(12)13-6(5)7(10)11/h2,7H,1H3,(H2,12,13). The highest BCUT2D eigenvalue weighted by molar-refractivity contribution is 6.34. The van der Waals surface area contributed by atoms with Crippen LogP contribution in [0, 0.1) is 0 Å². The van der Waals surface area contributed by atoms with E-state index in [4.69, 9.17) is 17.3 Å². The summed E-state index contributed by atoms with van der Waals surface area (Å²) in [7, 11) is 1.06. The average Bonchev–Trinajstić information content (AvgIpc) is 2.15. The van der Waals surface area contributed by atoms with Crippen LogP contribution >= 0.6 is 11.6 Å². The fourth-order valence-electron chi connectivity index (χ4n) is 1.01. The topological polar surface area (TPSA) is 65.2 Å². The molecule has 0 amide bonds. The number of anilines is 1. The van der Waals surface area contributed by atoms with Crippen molar-refractivity contribution in [2.24, 2.45) is 0 Å². The van der Waals surface area contributed by atoms with Gasteiger partial charge in [-0.1, -0.05) is 11.6 Å². The maximum Gasteiger partial charge on any atom is 0.341 e. The van der Waals surface area contributed by atoms with Gasteiger partial charge in [0.1, 0.15) is 17.1 Å². The van der Waals surface area contributed by atoms with Gasteiger partial charge in [0, 0.05) is 0 Å². The van der Waals surface area contributed by atoms with E-state index in [0.717, 1.165) is 13.2 Å². The molecule has 0 atom stereocenters. The first-order chi connectivity index (χ1) is 6.97. The molecule has 0 aromatic carbocycles. The zero-order valence-corrected chi connectivity index (χ0v) is 8.39. The lowest BCUT2D eigenvalue weighted by Crippen LogP contribution is -2.10. The van der Waals surface area contributed by atoms with Crippen LogP contribution in [0.5, 0.6) is 0 Å². The van der Waals surface area contributed by atoms with Crippen LogP contribution in [0.25, 0.3) is 0 Å². The number of carbonyl (C=O) groups excluding carboxylic acids is 1. The lowest BCUT2D eigenvalue weighted by Gasteiger charge is -2.08. The Morgan fingerprint density at radius 1 is 1.67 bits per heavy atom. The van der Waals surface area contributed by atoms with Gasteiger partial charge in [-0.2, -0.15) is 0 Å². The Balaban J connectivity index is 3.40. The molecular weight excluding hydrogens is 230 g/mol. The molecule has 15 heavy (non-hydrogen) atoms. The number of hydrogen-bond donors (Lipinski definition) is 1. The van der Waals surface area contributed by atoms with Gasteiger partial charge in [-0.25, -0.2) is 18.6 Å². The van der Waals surface area contributed by atoms with E-state index in [0.29, 0.717) is 0 Å². The fraction of sp³-hybridized carbons (Fsp3) is 0.250. The molecule has 0 radical (unpaired) electrons. The molecule has 0 aliphatic carbocycles. The Morgan fingerprint density at radius 3 is 2.73 bits per heavy atom. The van der Waals surface area contributed by atoms with Crippen molar-refractivity contribution < 1.29 is 18.3 Å². The Hall–Kier alpha value is -1.43. The van der Waals surface area contributed by atoms with Crippen molar-refractivity contribution in [3.63, 3.8) is 0 Å². The van der Waals surface area contributed by atoms with Gasteiger partial charge in [0.2, 0.25) is 0 Å². The molecule has 1 aromatic heterocycles. The van der Waals surface area contributed by atoms with Crippen LogP contribution in [-0.4, -0.2) is 18.1 Å². The minimum atomic E-state index is -2.94. The summed E-state index contributed by atoms with van der Waals surface area (Å²) in [5, 5.41) is -0.204. The predicted octanol–water partition coefficient (Wildman–Crippen LogP) is 2.04. The maximum atomic E-state index is 12.5. The van der Waals surface area contributed by atoms with E-state index in [1.165, 1.54) is 0 Å². The van der Waals surface area contributed by atoms with Gasteiger partial charge in [-0.05, 0) is 6.07 Å². The largest absolute Gasteiger partial charge is 0.465 e. The Morgan fingerprint density at radius 2 is 2.27 bits per heavy atom. The van der Waals surface area contributed by atoms with Crippen LogP contribution in [0.1, 0.15) is 22.5 Å². The highest BCUT2D eigenvalue weighted by Crippen LogP contribution is 2.28. The quantitative estimate of drug-likeness (QED) is 0.798. The molecule has 1 heterocycles. The summed E-state index contributed by atoms with van der Waals surface area (Å²) in [6.45, 7) is 0. The van der Waals surface area contributed by atoms with Gasteiger partial charge in [-0.3, -0.25) is 0 Å². The number of hydrogen-bond acceptors (Lipinski definition) is 4. The Bertz CT molecular complexity index is 398. The van der Waals surface area contributed by atoms with Gasteiger partial charge < -0.3 is 10.5 Å². The normalized spacial score (nSPS) is 10.5. The number of alkyl halides is 2. The van der Waals surface area contributed by atoms with Crippen molar-refractivity contribution in [1.29, 1.82) is 0 Å². The maximum absolute atomic E-state index is 12.5. The molecule has 0 aliphatic rings. The van der Waals surface area contributed by atoms with Crippen molar-refractivity contribution in [3.05, 3.63) is 22.3 Å². The molecule has 0 saturated carbocycles. The van der Waals surface area contributed by atoms with Gasteiger partial charge in [0.05, 0.1) is 12.1 Å². The van der Waals surface area contributed by atoms with E-state index in [1.54, 1.807) is 0 Å². The molecular formula is C8H7ClF2N2O2. The van der Waals surface area contributed by atoms with E-state index in [2.05, 4.69) is 9.72 Å². The molecule has 0 spiro atoms. The summed E-state index contributed by atoms with van der Waals surface area (Å²) in [4.78, 5) is 14.5. The van der Waals surface area contributed by atoms with Crippen LogP contribution < -0.4 is 5.73 Å². The number of nitrogens with two attached hydrogens (primary N) is 1. The average molecular weight is 237 g/mol.